The van der Waals surface area contributed by atoms with Crippen LogP contribution in [0.1, 0.15) is 70.6 Å². The molecule has 0 unspecified atom stereocenters. The van der Waals surface area contributed by atoms with Crippen molar-refractivity contribution in [2.45, 2.75) is 76.2 Å². The smallest absolute Gasteiger partial charge is 0.191 e. The molecule has 0 aromatic carbocycles. The fraction of sp³-hybridized carbons (Fsp3) is 0.950. The molecule has 6 heteroatoms. The third kappa shape index (κ3) is 7.89. The van der Waals surface area contributed by atoms with Crippen molar-refractivity contribution in [3.63, 3.8) is 0 Å². The molecule has 0 spiro atoms. The summed E-state index contributed by atoms with van der Waals surface area (Å²) in [6.45, 7) is 5.46. The molecule has 1 aliphatic carbocycles. The molecule has 0 aromatic rings. The van der Waals surface area contributed by atoms with Gasteiger partial charge < -0.3 is 15.4 Å². The van der Waals surface area contributed by atoms with Crippen LogP contribution in [-0.2, 0) is 4.74 Å². The van der Waals surface area contributed by atoms with Crippen LogP contribution in [-0.4, -0.2) is 63.3 Å². The van der Waals surface area contributed by atoms with Gasteiger partial charge in [0.05, 0.1) is 0 Å². The van der Waals surface area contributed by atoms with Gasteiger partial charge in [0.15, 0.2) is 5.96 Å². The maximum atomic E-state index is 5.10. The Bertz CT molecular complexity index is 380. The molecule has 154 valence electrons. The number of ether oxygens (including phenoxy) is 1. The Morgan fingerprint density at radius 3 is 2.31 bits per heavy atom. The molecule has 2 rings (SSSR count). The van der Waals surface area contributed by atoms with Gasteiger partial charge in [-0.15, -0.1) is 24.0 Å². The van der Waals surface area contributed by atoms with E-state index >= 15 is 0 Å². The highest BCUT2D eigenvalue weighted by atomic mass is 127. The zero-order valence-electron chi connectivity index (χ0n) is 17.0. The topological polar surface area (TPSA) is 48.9 Å². The first-order valence-corrected chi connectivity index (χ1v) is 10.5. The van der Waals surface area contributed by atoms with Gasteiger partial charge in [0, 0.05) is 39.4 Å². The van der Waals surface area contributed by atoms with E-state index in [1.807, 2.05) is 7.05 Å². The standard InChI is InChI=1S/C20H40N4O.HI/c1-21-19(22-14-8-4-11-17-25-2)23-18-20(12-6-3-7-13-20)24-15-9-5-10-16-24;/h3-18H2,1-2H3,(H2,21,22,23);1H. The number of aliphatic imine (C=N–C) groups is 1. The molecule has 0 bridgehead atoms. The summed E-state index contributed by atoms with van der Waals surface area (Å²) < 4.78 is 5.10. The van der Waals surface area contributed by atoms with Crippen LogP contribution in [0.3, 0.4) is 0 Å². The number of halogens is 1. The van der Waals surface area contributed by atoms with Gasteiger partial charge in [-0.2, -0.15) is 0 Å². The largest absolute Gasteiger partial charge is 0.385 e. The Labute approximate surface area is 178 Å². The number of methoxy groups -OCH3 is 1. The number of nitrogens with zero attached hydrogens (tertiary/aromatic N) is 2. The number of hydrogen-bond donors (Lipinski definition) is 2. The predicted molar refractivity (Wildman–Crippen MR) is 122 cm³/mol. The van der Waals surface area contributed by atoms with Gasteiger partial charge in [0.2, 0.25) is 0 Å². The third-order valence-electron chi connectivity index (χ3n) is 5.94. The van der Waals surface area contributed by atoms with Gasteiger partial charge in [-0.25, -0.2) is 0 Å². The first-order valence-electron chi connectivity index (χ1n) is 10.5. The Morgan fingerprint density at radius 1 is 0.962 bits per heavy atom. The second-order valence-corrected chi connectivity index (χ2v) is 7.74. The van der Waals surface area contributed by atoms with Crippen LogP contribution in [0.15, 0.2) is 4.99 Å². The van der Waals surface area contributed by atoms with E-state index < -0.39 is 0 Å². The average molecular weight is 480 g/mol. The number of guanidine groups is 1. The summed E-state index contributed by atoms with van der Waals surface area (Å²) in [5, 5.41) is 7.14. The Kier molecular flexibility index (Phi) is 12.9. The first kappa shape index (κ1) is 24.0. The van der Waals surface area contributed by atoms with Crippen LogP contribution >= 0.6 is 24.0 Å². The maximum absolute atomic E-state index is 5.10. The minimum atomic E-state index is 0. The van der Waals surface area contributed by atoms with E-state index in [-0.39, 0.29) is 24.0 Å². The minimum absolute atomic E-state index is 0. The lowest BCUT2D eigenvalue weighted by Gasteiger charge is -2.48. The van der Waals surface area contributed by atoms with Crippen molar-refractivity contribution < 1.29 is 4.74 Å². The zero-order chi connectivity index (χ0) is 17.8. The number of piperidine rings is 1. The molecule has 2 N–H and O–H groups in total. The van der Waals surface area contributed by atoms with Crippen molar-refractivity contribution in [3.05, 3.63) is 0 Å². The monoisotopic (exact) mass is 480 g/mol. The quantitative estimate of drug-likeness (QED) is 0.228. The summed E-state index contributed by atoms with van der Waals surface area (Å²) >= 11 is 0. The number of likely N-dealkylation sites (tertiary alicyclic amines) is 1. The Balaban J connectivity index is 0.00000338. The van der Waals surface area contributed by atoms with Crippen LogP contribution in [0.5, 0.6) is 0 Å². The molecule has 1 saturated heterocycles. The second-order valence-electron chi connectivity index (χ2n) is 7.74. The SMILES string of the molecule is CN=C(NCCCCCOC)NCC1(N2CCCCC2)CCCCC1.I. The van der Waals surface area contributed by atoms with E-state index in [9.17, 15) is 0 Å². The van der Waals surface area contributed by atoms with E-state index in [0.29, 0.717) is 5.54 Å². The summed E-state index contributed by atoms with van der Waals surface area (Å²) in [5.74, 6) is 0.966. The number of rotatable bonds is 9. The zero-order valence-corrected chi connectivity index (χ0v) is 19.4. The van der Waals surface area contributed by atoms with Gasteiger partial charge in [-0.1, -0.05) is 25.7 Å². The van der Waals surface area contributed by atoms with Gasteiger partial charge in [-0.05, 0) is 58.0 Å². The lowest BCUT2D eigenvalue weighted by molar-refractivity contribution is 0.0368. The van der Waals surface area contributed by atoms with Crippen LogP contribution in [0.4, 0.5) is 0 Å². The molecule has 1 saturated carbocycles. The number of unbranched alkanes of at least 4 members (excludes halogenated alkanes) is 2. The lowest BCUT2D eigenvalue weighted by atomic mass is 9.79. The number of nitrogens with one attached hydrogen (secondary N) is 2. The summed E-state index contributed by atoms with van der Waals surface area (Å²) in [7, 11) is 3.65. The van der Waals surface area contributed by atoms with E-state index in [4.69, 9.17) is 4.74 Å². The normalized spacial score (nSPS) is 21.1. The van der Waals surface area contributed by atoms with Gasteiger partial charge >= 0.3 is 0 Å². The molecule has 5 nitrogen and oxygen atoms in total. The van der Waals surface area contributed by atoms with Crippen molar-refractivity contribution in [3.8, 4) is 0 Å². The average Bonchev–Trinajstić information content (AvgIpc) is 2.68. The Hall–Kier alpha value is -0.0800. The summed E-state index contributed by atoms with van der Waals surface area (Å²) in [5.41, 5.74) is 0.356. The fourth-order valence-corrected chi connectivity index (χ4v) is 4.41. The van der Waals surface area contributed by atoms with Gasteiger partial charge in [0.1, 0.15) is 0 Å². The van der Waals surface area contributed by atoms with Crippen LogP contribution in [0.2, 0.25) is 0 Å². The van der Waals surface area contributed by atoms with Crippen molar-refractivity contribution in [1.82, 2.24) is 15.5 Å². The summed E-state index contributed by atoms with van der Waals surface area (Å²) in [6, 6.07) is 0. The van der Waals surface area contributed by atoms with Crippen molar-refractivity contribution in [1.29, 1.82) is 0 Å². The molecule has 0 radical (unpaired) electrons. The fourth-order valence-electron chi connectivity index (χ4n) is 4.41. The highest BCUT2D eigenvalue weighted by molar-refractivity contribution is 14.0. The first-order chi connectivity index (χ1) is 12.3. The molecule has 0 aromatic heterocycles. The van der Waals surface area contributed by atoms with E-state index in [0.717, 1.165) is 32.1 Å². The molecule has 1 aliphatic heterocycles. The van der Waals surface area contributed by atoms with E-state index in [2.05, 4.69) is 20.5 Å². The second kappa shape index (κ2) is 14.0. The molecule has 2 aliphatic rings. The lowest BCUT2D eigenvalue weighted by Crippen LogP contribution is -2.59. The van der Waals surface area contributed by atoms with Crippen LogP contribution < -0.4 is 10.6 Å². The highest BCUT2D eigenvalue weighted by Gasteiger charge is 2.38. The molecule has 1 heterocycles. The molecular formula is C20H41IN4O. The number of hydrogen-bond acceptors (Lipinski definition) is 3. The van der Waals surface area contributed by atoms with Crippen molar-refractivity contribution in [2.75, 3.05) is 46.9 Å². The van der Waals surface area contributed by atoms with E-state index in [1.54, 1.807) is 7.11 Å². The van der Waals surface area contributed by atoms with Crippen LogP contribution in [0, 0.1) is 0 Å². The molecule has 0 amide bonds. The van der Waals surface area contributed by atoms with Gasteiger partial charge in [0.25, 0.3) is 0 Å². The van der Waals surface area contributed by atoms with Gasteiger partial charge in [-0.3, -0.25) is 9.89 Å². The minimum Gasteiger partial charge on any atom is -0.385 e. The van der Waals surface area contributed by atoms with Crippen molar-refractivity contribution >= 4 is 29.9 Å². The third-order valence-corrected chi connectivity index (χ3v) is 5.94. The summed E-state index contributed by atoms with van der Waals surface area (Å²) in [6.07, 6.45) is 14.5. The maximum Gasteiger partial charge on any atom is 0.191 e. The highest BCUT2D eigenvalue weighted by Crippen LogP contribution is 2.35. The summed E-state index contributed by atoms with van der Waals surface area (Å²) in [4.78, 5) is 7.23. The predicted octanol–water partition coefficient (Wildman–Crippen LogP) is 3.77. The Morgan fingerprint density at radius 2 is 1.65 bits per heavy atom. The van der Waals surface area contributed by atoms with E-state index in [1.165, 1.54) is 77.3 Å². The van der Waals surface area contributed by atoms with Crippen LogP contribution in [0.25, 0.3) is 0 Å². The molecule has 26 heavy (non-hydrogen) atoms. The molecular weight excluding hydrogens is 439 g/mol. The molecule has 0 atom stereocenters. The van der Waals surface area contributed by atoms with Crippen molar-refractivity contribution in [2.24, 2.45) is 4.99 Å². The molecule has 2 fully saturated rings.